The molecule has 0 fully saturated rings. The molecule has 0 saturated carbocycles. The Labute approximate surface area is 142 Å². The van der Waals surface area contributed by atoms with E-state index in [0.717, 1.165) is 0 Å². The summed E-state index contributed by atoms with van der Waals surface area (Å²) >= 11 is 0. The highest BCUT2D eigenvalue weighted by Crippen LogP contribution is 2.28. The topological polar surface area (TPSA) is 56.8 Å². The Balaban J connectivity index is 2.12. The highest BCUT2D eigenvalue weighted by atomic mass is 16.5. The molecule has 0 aromatic heterocycles. The highest BCUT2D eigenvalue weighted by Gasteiger charge is 2.21. The van der Waals surface area contributed by atoms with Gasteiger partial charge in [-0.3, -0.25) is 4.79 Å². The van der Waals surface area contributed by atoms with Gasteiger partial charge >= 0.3 is 0 Å². The van der Waals surface area contributed by atoms with Gasteiger partial charge < -0.3 is 19.5 Å². The lowest BCUT2D eigenvalue weighted by Crippen LogP contribution is -2.32. The van der Waals surface area contributed by atoms with E-state index >= 15 is 0 Å². The maximum Gasteiger partial charge on any atom is 0.265 e. The van der Waals surface area contributed by atoms with Gasteiger partial charge in [-0.05, 0) is 37.6 Å². The summed E-state index contributed by atoms with van der Waals surface area (Å²) in [6.07, 6.45) is -0.100. The van der Waals surface area contributed by atoms with Crippen molar-refractivity contribution < 1.29 is 19.0 Å². The summed E-state index contributed by atoms with van der Waals surface area (Å²) < 4.78 is 16.6. The second-order valence-electron chi connectivity index (χ2n) is 5.08. The number of para-hydroxylation sites is 4. The molecule has 0 aliphatic heterocycles. The van der Waals surface area contributed by atoms with Gasteiger partial charge in [-0.15, -0.1) is 0 Å². The molecule has 0 aliphatic rings. The van der Waals surface area contributed by atoms with Gasteiger partial charge in [-0.1, -0.05) is 31.2 Å². The molecule has 2 aromatic carbocycles. The Morgan fingerprint density at radius 1 is 1.00 bits per heavy atom. The fraction of sp³-hybridized carbons (Fsp3) is 0.316. The number of carbonyl (C=O) groups excluding carboxylic acids is 1. The van der Waals surface area contributed by atoms with Crippen LogP contribution in [0.1, 0.15) is 20.3 Å². The Bertz CT molecular complexity index is 672. The maximum atomic E-state index is 12.6. The van der Waals surface area contributed by atoms with Crippen LogP contribution in [0, 0.1) is 0 Å². The van der Waals surface area contributed by atoms with Crippen molar-refractivity contribution in [2.24, 2.45) is 0 Å². The molecule has 5 nitrogen and oxygen atoms in total. The Kier molecular flexibility index (Phi) is 6.49. The zero-order chi connectivity index (χ0) is 17.4. The SMILES string of the molecule is CCOc1ccccc1NC(=O)[C@H](CC)Oc1ccccc1OC. The third-order valence-corrected chi connectivity index (χ3v) is 3.45. The molecular weight excluding hydrogens is 306 g/mol. The normalized spacial score (nSPS) is 11.5. The van der Waals surface area contributed by atoms with Gasteiger partial charge in [0.25, 0.3) is 5.91 Å². The highest BCUT2D eigenvalue weighted by molar-refractivity contribution is 5.95. The molecule has 0 radical (unpaired) electrons. The molecule has 0 aliphatic carbocycles. The molecular formula is C19H23NO4. The summed E-state index contributed by atoms with van der Waals surface area (Å²) in [4.78, 5) is 12.6. The minimum absolute atomic E-state index is 0.226. The van der Waals surface area contributed by atoms with E-state index in [1.807, 2.05) is 44.2 Å². The van der Waals surface area contributed by atoms with Crippen LogP contribution in [0.5, 0.6) is 17.2 Å². The van der Waals surface area contributed by atoms with E-state index in [1.165, 1.54) is 0 Å². The van der Waals surface area contributed by atoms with E-state index < -0.39 is 6.10 Å². The number of hydrogen-bond donors (Lipinski definition) is 1. The first-order valence-corrected chi connectivity index (χ1v) is 8.01. The zero-order valence-electron chi connectivity index (χ0n) is 14.2. The van der Waals surface area contributed by atoms with Gasteiger partial charge in [-0.25, -0.2) is 0 Å². The molecule has 0 spiro atoms. The van der Waals surface area contributed by atoms with Gasteiger partial charge in [0.05, 0.1) is 19.4 Å². The molecule has 0 saturated heterocycles. The maximum absolute atomic E-state index is 12.6. The predicted octanol–water partition coefficient (Wildman–Crippen LogP) is 3.89. The average molecular weight is 329 g/mol. The molecule has 2 aromatic rings. The number of ether oxygens (including phenoxy) is 3. The number of carbonyl (C=O) groups is 1. The van der Waals surface area contributed by atoms with Gasteiger partial charge in [0.2, 0.25) is 0 Å². The van der Waals surface area contributed by atoms with Crippen LogP contribution in [0.4, 0.5) is 5.69 Å². The quantitative estimate of drug-likeness (QED) is 0.798. The summed E-state index contributed by atoms with van der Waals surface area (Å²) in [6.45, 7) is 4.33. The largest absolute Gasteiger partial charge is 0.493 e. The van der Waals surface area contributed by atoms with Crippen molar-refractivity contribution in [1.82, 2.24) is 0 Å². The molecule has 24 heavy (non-hydrogen) atoms. The van der Waals surface area contributed by atoms with Crippen molar-refractivity contribution in [3.05, 3.63) is 48.5 Å². The summed E-state index contributed by atoms with van der Waals surface area (Å²) in [5.74, 6) is 1.55. The minimum Gasteiger partial charge on any atom is -0.493 e. The van der Waals surface area contributed by atoms with Crippen LogP contribution < -0.4 is 19.5 Å². The molecule has 1 N–H and O–H groups in total. The van der Waals surface area contributed by atoms with Crippen molar-refractivity contribution in [2.45, 2.75) is 26.4 Å². The second kappa shape index (κ2) is 8.82. The standard InChI is InChI=1S/C19H23NO4/c1-4-15(24-18-13-9-8-12-17(18)22-3)19(21)20-14-10-6-7-11-16(14)23-5-2/h6-13,15H,4-5H2,1-3H3,(H,20,21)/t15-/m0/s1. The lowest BCUT2D eigenvalue weighted by molar-refractivity contribution is -0.122. The van der Waals surface area contributed by atoms with Crippen LogP contribution >= 0.6 is 0 Å². The second-order valence-corrected chi connectivity index (χ2v) is 5.08. The van der Waals surface area contributed by atoms with Crippen LogP contribution in [-0.4, -0.2) is 25.7 Å². The van der Waals surface area contributed by atoms with Crippen molar-refractivity contribution in [3.63, 3.8) is 0 Å². The lowest BCUT2D eigenvalue weighted by atomic mass is 10.2. The molecule has 0 bridgehead atoms. The predicted molar refractivity (Wildman–Crippen MR) is 93.9 cm³/mol. The smallest absolute Gasteiger partial charge is 0.265 e. The number of amides is 1. The van der Waals surface area contributed by atoms with E-state index in [4.69, 9.17) is 14.2 Å². The van der Waals surface area contributed by atoms with Gasteiger partial charge in [0.15, 0.2) is 17.6 Å². The van der Waals surface area contributed by atoms with Gasteiger partial charge in [-0.2, -0.15) is 0 Å². The molecule has 2 rings (SSSR count). The Hall–Kier alpha value is -2.69. The Morgan fingerprint density at radius 2 is 1.62 bits per heavy atom. The average Bonchev–Trinajstić information content (AvgIpc) is 2.61. The zero-order valence-corrected chi connectivity index (χ0v) is 14.2. The van der Waals surface area contributed by atoms with Gasteiger partial charge in [0.1, 0.15) is 5.75 Å². The first-order chi connectivity index (χ1) is 11.7. The van der Waals surface area contributed by atoms with Crippen LogP contribution in [-0.2, 0) is 4.79 Å². The first kappa shape index (κ1) is 17.7. The fourth-order valence-corrected chi connectivity index (χ4v) is 2.26. The fourth-order valence-electron chi connectivity index (χ4n) is 2.26. The molecule has 1 atom stereocenters. The van der Waals surface area contributed by atoms with Crippen LogP contribution in [0.3, 0.4) is 0 Å². The number of rotatable bonds is 8. The van der Waals surface area contributed by atoms with Crippen molar-refractivity contribution in [3.8, 4) is 17.2 Å². The molecule has 5 heteroatoms. The third kappa shape index (κ3) is 4.41. The van der Waals surface area contributed by atoms with Crippen molar-refractivity contribution in [2.75, 3.05) is 19.0 Å². The van der Waals surface area contributed by atoms with Crippen LogP contribution in [0.15, 0.2) is 48.5 Å². The molecule has 0 heterocycles. The number of benzene rings is 2. The van der Waals surface area contributed by atoms with Crippen LogP contribution in [0.2, 0.25) is 0 Å². The van der Waals surface area contributed by atoms with Crippen molar-refractivity contribution >= 4 is 11.6 Å². The molecule has 1 amide bonds. The third-order valence-electron chi connectivity index (χ3n) is 3.45. The monoisotopic (exact) mass is 329 g/mol. The lowest BCUT2D eigenvalue weighted by Gasteiger charge is -2.19. The van der Waals surface area contributed by atoms with E-state index in [2.05, 4.69) is 5.32 Å². The summed E-state index contributed by atoms with van der Waals surface area (Å²) in [6, 6.07) is 14.6. The van der Waals surface area contributed by atoms with E-state index in [1.54, 1.807) is 25.3 Å². The van der Waals surface area contributed by atoms with E-state index in [9.17, 15) is 4.79 Å². The molecule has 128 valence electrons. The van der Waals surface area contributed by atoms with E-state index in [-0.39, 0.29) is 5.91 Å². The number of hydrogen-bond acceptors (Lipinski definition) is 4. The van der Waals surface area contributed by atoms with Crippen LogP contribution in [0.25, 0.3) is 0 Å². The summed E-state index contributed by atoms with van der Waals surface area (Å²) in [7, 11) is 1.57. The van der Waals surface area contributed by atoms with E-state index in [0.29, 0.717) is 36.0 Å². The van der Waals surface area contributed by atoms with Gasteiger partial charge in [0, 0.05) is 0 Å². The first-order valence-electron chi connectivity index (χ1n) is 8.01. The van der Waals surface area contributed by atoms with Crippen molar-refractivity contribution in [1.29, 1.82) is 0 Å². The number of methoxy groups -OCH3 is 1. The summed E-state index contributed by atoms with van der Waals surface area (Å²) in [5.41, 5.74) is 0.631. The number of anilines is 1. The minimum atomic E-state index is -0.629. The molecule has 0 unspecified atom stereocenters. The summed E-state index contributed by atoms with van der Waals surface area (Å²) in [5, 5.41) is 2.87. The Morgan fingerprint density at radius 3 is 2.25 bits per heavy atom. The number of nitrogens with one attached hydrogen (secondary N) is 1.